The van der Waals surface area contributed by atoms with Crippen LogP contribution in [0.5, 0.6) is 0 Å². The van der Waals surface area contributed by atoms with E-state index in [-0.39, 0.29) is 43.6 Å². The van der Waals surface area contributed by atoms with Gasteiger partial charge in [-0.1, -0.05) is 18.2 Å². The number of halogens is 5. The summed E-state index contributed by atoms with van der Waals surface area (Å²) in [5, 5.41) is 9.56. The number of anilines is 1. The van der Waals surface area contributed by atoms with Gasteiger partial charge in [0.05, 0.1) is 12.7 Å². The number of alkyl halides is 3. The zero-order chi connectivity index (χ0) is 30.3. The van der Waals surface area contributed by atoms with Crippen molar-refractivity contribution in [3.05, 3.63) is 87.6 Å². The van der Waals surface area contributed by atoms with Gasteiger partial charge in [0.25, 0.3) is 0 Å². The SMILES string of the molecule is CN(CC(F)(F)F)C(=O)O[C@H]1CO[C@H](CCc2c(F)cccc2NC(=O)C[C@@H](c2ccc(F)cc2)c2ccsc2)CN1. The average Bonchev–Trinajstić information content (AvgIpc) is 3.47. The van der Waals surface area contributed by atoms with E-state index < -0.39 is 37.0 Å². The maximum absolute atomic E-state index is 14.9. The third-order valence-corrected chi connectivity index (χ3v) is 7.45. The van der Waals surface area contributed by atoms with Crippen LogP contribution in [-0.4, -0.2) is 62.2 Å². The fourth-order valence-corrected chi connectivity index (χ4v) is 5.34. The van der Waals surface area contributed by atoms with Crippen LogP contribution in [0.25, 0.3) is 0 Å². The minimum absolute atomic E-state index is 0.0617. The molecule has 2 heterocycles. The van der Waals surface area contributed by atoms with Crippen LogP contribution in [0.2, 0.25) is 0 Å². The Balaban J connectivity index is 1.32. The number of nitrogens with one attached hydrogen (secondary N) is 2. The highest BCUT2D eigenvalue weighted by Gasteiger charge is 2.33. The zero-order valence-corrected chi connectivity index (χ0v) is 23.4. The van der Waals surface area contributed by atoms with Crippen molar-refractivity contribution in [2.24, 2.45) is 0 Å². The normalized spacial score (nSPS) is 17.9. The first kappa shape index (κ1) is 31.4. The molecule has 1 aliphatic heterocycles. The molecule has 2 amide bonds. The van der Waals surface area contributed by atoms with E-state index in [0.717, 1.165) is 18.2 Å². The van der Waals surface area contributed by atoms with Crippen LogP contribution in [0, 0.1) is 11.6 Å². The number of carbonyl (C=O) groups excluding carboxylic acids is 2. The molecule has 226 valence electrons. The number of amides is 2. The van der Waals surface area contributed by atoms with E-state index >= 15 is 0 Å². The van der Waals surface area contributed by atoms with Crippen LogP contribution in [0.15, 0.2) is 59.3 Å². The number of benzene rings is 2. The summed E-state index contributed by atoms with van der Waals surface area (Å²) in [4.78, 5) is 25.4. The highest BCUT2D eigenvalue weighted by atomic mass is 32.1. The Morgan fingerprint density at radius 3 is 2.55 bits per heavy atom. The number of hydrogen-bond donors (Lipinski definition) is 2. The number of rotatable bonds is 10. The van der Waals surface area contributed by atoms with Crippen LogP contribution in [0.1, 0.15) is 35.4 Å². The van der Waals surface area contributed by atoms with Crippen molar-refractivity contribution in [2.45, 2.75) is 43.7 Å². The van der Waals surface area contributed by atoms with E-state index in [1.54, 1.807) is 18.2 Å². The standard InChI is InChI=1S/C29H30F5N3O4S/c1-37(17-29(32,33)34)28(39)41-27-15-40-21(14-35-27)9-10-22-24(31)3-2-4-25(22)36-26(38)13-23(19-11-12-42-16-19)18-5-7-20(30)8-6-18/h2-8,11-12,16,21,23,27,35H,9-10,13-15,17H2,1H3,(H,36,38)/t21-,23+,27+/m1/s1. The minimum atomic E-state index is -4.55. The van der Waals surface area contributed by atoms with Gasteiger partial charge in [-0.15, -0.1) is 0 Å². The number of morpholine rings is 1. The Hall–Kier alpha value is -3.55. The van der Waals surface area contributed by atoms with Gasteiger partial charge in [0.2, 0.25) is 5.91 Å². The molecule has 13 heteroatoms. The van der Waals surface area contributed by atoms with Crippen molar-refractivity contribution in [3.63, 3.8) is 0 Å². The molecule has 4 rings (SSSR count). The Bertz CT molecular complexity index is 1330. The predicted molar refractivity (Wildman–Crippen MR) is 147 cm³/mol. The van der Waals surface area contributed by atoms with Crippen LogP contribution in [0.4, 0.5) is 32.4 Å². The average molecular weight is 612 g/mol. The van der Waals surface area contributed by atoms with E-state index in [1.165, 1.54) is 35.6 Å². The lowest BCUT2D eigenvalue weighted by molar-refractivity contribution is -0.143. The Morgan fingerprint density at radius 1 is 1.14 bits per heavy atom. The topological polar surface area (TPSA) is 79.9 Å². The number of nitrogens with zero attached hydrogens (tertiary/aromatic N) is 1. The molecule has 0 radical (unpaired) electrons. The van der Waals surface area contributed by atoms with Crippen LogP contribution < -0.4 is 10.6 Å². The maximum Gasteiger partial charge on any atom is 0.411 e. The van der Waals surface area contributed by atoms with E-state index in [4.69, 9.17) is 9.47 Å². The maximum atomic E-state index is 14.9. The smallest absolute Gasteiger partial charge is 0.411 e. The molecule has 0 spiro atoms. The van der Waals surface area contributed by atoms with Crippen molar-refractivity contribution < 1.29 is 41.0 Å². The first-order chi connectivity index (χ1) is 20.0. The largest absolute Gasteiger partial charge is 0.428 e. The summed E-state index contributed by atoms with van der Waals surface area (Å²) in [6.45, 7) is -1.31. The number of ether oxygens (including phenoxy) is 2. The van der Waals surface area contributed by atoms with Crippen molar-refractivity contribution in [2.75, 3.05) is 32.1 Å². The molecule has 0 aliphatic carbocycles. The molecule has 1 fully saturated rings. The Labute approximate surface area is 243 Å². The van der Waals surface area contributed by atoms with Crippen LogP contribution >= 0.6 is 11.3 Å². The number of thiophene rings is 1. The van der Waals surface area contributed by atoms with Crippen molar-refractivity contribution >= 4 is 29.0 Å². The summed E-state index contributed by atoms with van der Waals surface area (Å²) in [6, 6.07) is 12.3. The molecule has 0 unspecified atom stereocenters. The Kier molecular flexibility index (Phi) is 10.5. The second-order valence-electron chi connectivity index (χ2n) is 9.92. The van der Waals surface area contributed by atoms with Gasteiger partial charge in [-0.2, -0.15) is 24.5 Å². The Morgan fingerprint density at radius 2 is 1.90 bits per heavy atom. The van der Waals surface area contributed by atoms with Gasteiger partial charge in [-0.25, -0.2) is 13.6 Å². The predicted octanol–water partition coefficient (Wildman–Crippen LogP) is 6.06. The summed E-state index contributed by atoms with van der Waals surface area (Å²) in [6.07, 6.45) is -6.36. The third-order valence-electron chi connectivity index (χ3n) is 6.74. The lowest BCUT2D eigenvalue weighted by Gasteiger charge is -2.31. The fraction of sp³-hybridized carbons (Fsp3) is 0.379. The van der Waals surface area contributed by atoms with Crippen molar-refractivity contribution in [1.82, 2.24) is 10.2 Å². The highest BCUT2D eigenvalue weighted by Crippen LogP contribution is 2.31. The molecule has 3 atom stereocenters. The van der Waals surface area contributed by atoms with Crippen molar-refractivity contribution in [1.29, 1.82) is 0 Å². The summed E-state index contributed by atoms with van der Waals surface area (Å²) < 4.78 is 76.5. The molecule has 0 saturated carbocycles. The first-order valence-electron chi connectivity index (χ1n) is 13.2. The van der Waals surface area contributed by atoms with E-state index in [9.17, 15) is 31.5 Å². The number of carbonyl (C=O) groups is 2. The molecule has 2 aromatic carbocycles. The molecular weight excluding hydrogens is 581 g/mol. The van der Waals surface area contributed by atoms with Gasteiger partial charge in [0.15, 0.2) is 6.23 Å². The van der Waals surface area contributed by atoms with Gasteiger partial charge in [0, 0.05) is 37.2 Å². The van der Waals surface area contributed by atoms with E-state index in [0.29, 0.717) is 22.6 Å². The van der Waals surface area contributed by atoms with Gasteiger partial charge in [-0.3, -0.25) is 10.1 Å². The summed E-state index contributed by atoms with van der Waals surface area (Å²) in [7, 11) is 0.984. The van der Waals surface area contributed by atoms with Gasteiger partial charge < -0.3 is 19.7 Å². The number of hydrogen-bond acceptors (Lipinski definition) is 6. The van der Waals surface area contributed by atoms with Crippen LogP contribution in [-0.2, 0) is 20.7 Å². The molecular formula is C29H30F5N3O4S. The van der Waals surface area contributed by atoms with Gasteiger partial charge in [-0.05, 0) is 65.1 Å². The monoisotopic (exact) mass is 611 g/mol. The van der Waals surface area contributed by atoms with E-state index in [2.05, 4.69) is 10.6 Å². The molecule has 1 aromatic heterocycles. The molecule has 42 heavy (non-hydrogen) atoms. The summed E-state index contributed by atoms with van der Waals surface area (Å²) in [5.74, 6) is -1.52. The quantitative estimate of drug-likeness (QED) is 0.273. The second-order valence-corrected chi connectivity index (χ2v) is 10.7. The zero-order valence-electron chi connectivity index (χ0n) is 22.6. The molecule has 0 bridgehead atoms. The van der Waals surface area contributed by atoms with Crippen molar-refractivity contribution in [3.8, 4) is 0 Å². The first-order valence-corrected chi connectivity index (χ1v) is 14.1. The van der Waals surface area contributed by atoms with Gasteiger partial charge >= 0.3 is 12.3 Å². The van der Waals surface area contributed by atoms with Crippen LogP contribution in [0.3, 0.4) is 0 Å². The lowest BCUT2D eigenvalue weighted by atomic mass is 9.90. The second kappa shape index (κ2) is 14.1. The summed E-state index contributed by atoms with van der Waals surface area (Å²) in [5.41, 5.74) is 2.32. The molecule has 2 N–H and O–H groups in total. The third kappa shape index (κ3) is 8.97. The minimum Gasteiger partial charge on any atom is -0.428 e. The lowest BCUT2D eigenvalue weighted by Crippen LogP contribution is -2.50. The molecule has 1 saturated heterocycles. The van der Waals surface area contributed by atoms with Gasteiger partial charge in [0.1, 0.15) is 18.2 Å². The molecule has 3 aromatic rings. The fourth-order valence-electron chi connectivity index (χ4n) is 4.63. The molecule has 1 aliphatic rings. The summed E-state index contributed by atoms with van der Waals surface area (Å²) >= 11 is 1.49. The highest BCUT2D eigenvalue weighted by molar-refractivity contribution is 7.08. The van der Waals surface area contributed by atoms with E-state index in [1.807, 2.05) is 16.8 Å². The molecule has 7 nitrogen and oxygen atoms in total.